The molecule has 8 heterocycles. The summed E-state index contributed by atoms with van der Waals surface area (Å²) < 4.78 is 10.5. The number of hydrogen-bond acceptors (Lipinski definition) is 2. The van der Waals surface area contributed by atoms with E-state index in [1.807, 2.05) is 0 Å². The second-order valence-electron chi connectivity index (χ2n) is 23.8. The third kappa shape index (κ3) is 5.52. The van der Waals surface area contributed by atoms with Crippen LogP contribution in [0.3, 0.4) is 0 Å². The molecule has 0 atom stereocenters. The zero-order valence-electron chi connectivity index (χ0n) is 46.4. The number of anilines is 6. The van der Waals surface area contributed by atoms with Gasteiger partial charge in [-0.25, -0.2) is 0 Å². The number of fused-ring (bicyclic) bond motifs is 22. The molecule has 0 N–H and O–H groups in total. The summed E-state index contributed by atoms with van der Waals surface area (Å²) in [5, 5.41) is 9.88. The summed E-state index contributed by atoms with van der Waals surface area (Å²) in [5.41, 5.74) is 29.3. The summed E-state index contributed by atoms with van der Waals surface area (Å²) in [6, 6.07) is 105. The lowest BCUT2D eigenvalue weighted by molar-refractivity contribution is 1.16. The Labute approximate surface area is 494 Å². The number of nitrogens with zero attached hydrogens (tertiary/aromatic N) is 6. The van der Waals surface area contributed by atoms with Crippen molar-refractivity contribution in [3.05, 3.63) is 279 Å². The number of benzene rings is 13. The van der Waals surface area contributed by atoms with Crippen LogP contribution in [0.25, 0.3) is 110 Å². The van der Waals surface area contributed by atoms with E-state index >= 15 is 0 Å². The summed E-state index contributed by atoms with van der Waals surface area (Å²) in [6.45, 7) is -0.0440. The van der Waals surface area contributed by atoms with E-state index in [0.29, 0.717) is 0 Å². The molecule has 394 valence electrons. The van der Waals surface area contributed by atoms with Gasteiger partial charge in [0.05, 0.1) is 55.5 Å². The highest BCUT2D eigenvalue weighted by atomic mass is 15.2. The van der Waals surface area contributed by atoms with E-state index in [1.165, 1.54) is 154 Å². The van der Waals surface area contributed by atoms with Crippen LogP contribution in [0.4, 0.5) is 34.1 Å². The van der Waals surface area contributed by atoms with Gasteiger partial charge in [0.25, 0.3) is 13.4 Å². The van der Waals surface area contributed by atoms with Gasteiger partial charge in [-0.3, -0.25) is 0 Å². The van der Waals surface area contributed by atoms with E-state index in [-0.39, 0.29) is 13.4 Å². The number of para-hydroxylation sites is 10. The minimum Gasteiger partial charge on any atom is -0.311 e. The van der Waals surface area contributed by atoms with Crippen LogP contribution in [0, 0.1) is 0 Å². The van der Waals surface area contributed by atoms with Crippen molar-refractivity contribution < 1.29 is 0 Å². The largest absolute Gasteiger partial charge is 0.311 e. The lowest BCUT2D eigenvalue weighted by atomic mass is 9.34. The second kappa shape index (κ2) is 16.3. The predicted molar refractivity (Wildman–Crippen MR) is 362 cm³/mol. The van der Waals surface area contributed by atoms with E-state index in [1.54, 1.807) is 0 Å². The molecule has 0 saturated heterocycles. The van der Waals surface area contributed by atoms with Crippen molar-refractivity contribution in [1.82, 2.24) is 18.3 Å². The summed E-state index contributed by atoms with van der Waals surface area (Å²) in [5.74, 6) is 0. The molecule has 8 heteroatoms. The highest BCUT2D eigenvalue weighted by Crippen LogP contribution is 2.51. The second-order valence-corrected chi connectivity index (χ2v) is 23.8. The molecule has 0 spiro atoms. The van der Waals surface area contributed by atoms with Crippen molar-refractivity contribution in [3.8, 4) is 22.7 Å². The van der Waals surface area contributed by atoms with Crippen LogP contribution in [0.15, 0.2) is 279 Å². The maximum absolute atomic E-state index is 2.68. The van der Waals surface area contributed by atoms with Crippen LogP contribution in [0.5, 0.6) is 0 Å². The Morgan fingerprint density at radius 1 is 0.209 bits per heavy atom. The minimum absolute atomic E-state index is 0.0220. The molecule has 0 amide bonds. The molecule has 13 aromatic carbocycles. The van der Waals surface area contributed by atoms with Gasteiger partial charge >= 0.3 is 0 Å². The summed E-state index contributed by atoms with van der Waals surface area (Å²) >= 11 is 0. The maximum Gasteiger partial charge on any atom is 0.252 e. The average Bonchev–Trinajstić information content (AvgIpc) is 1.44. The molecular formula is C78H46B2N6. The van der Waals surface area contributed by atoms with Crippen LogP contribution in [0.1, 0.15) is 0 Å². The van der Waals surface area contributed by atoms with E-state index in [9.17, 15) is 0 Å². The number of aromatic nitrogens is 4. The molecule has 4 aliphatic rings. The van der Waals surface area contributed by atoms with E-state index in [2.05, 4.69) is 307 Å². The fraction of sp³-hybridized carbons (Fsp3) is 0. The minimum atomic E-state index is -0.0220. The van der Waals surface area contributed by atoms with E-state index < -0.39 is 0 Å². The van der Waals surface area contributed by atoms with Crippen molar-refractivity contribution in [1.29, 1.82) is 0 Å². The van der Waals surface area contributed by atoms with Crippen molar-refractivity contribution in [2.75, 3.05) is 9.80 Å². The highest BCUT2D eigenvalue weighted by Gasteiger charge is 2.46. The molecule has 0 fully saturated rings. The molecule has 6 nitrogen and oxygen atoms in total. The first-order valence-electron chi connectivity index (χ1n) is 30.0. The highest BCUT2D eigenvalue weighted by molar-refractivity contribution is 7.01. The lowest BCUT2D eigenvalue weighted by Crippen LogP contribution is -2.60. The molecule has 17 aromatic rings. The van der Waals surface area contributed by atoms with Crippen LogP contribution >= 0.6 is 0 Å². The van der Waals surface area contributed by atoms with Gasteiger partial charge in [-0.1, -0.05) is 182 Å². The first kappa shape index (κ1) is 45.3. The molecule has 0 radical (unpaired) electrons. The Kier molecular flexibility index (Phi) is 8.60. The van der Waals surface area contributed by atoms with Crippen LogP contribution < -0.4 is 42.6 Å². The van der Waals surface area contributed by atoms with Gasteiger partial charge in [-0.05, 0) is 130 Å². The molecule has 0 saturated carbocycles. The monoisotopic (exact) mass is 1090 g/mol. The van der Waals surface area contributed by atoms with Crippen molar-refractivity contribution in [2.24, 2.45) is 0 Å². The van der Waals surface area contributed by atoms with Crippen LogP contribution in [0.2, 0.25) is 0 Å². The Balaban J connectivity index is 1.01. The molecule has 0 aliphatic carbocycles. The molecule has 4 aromatic heterocycles. The predicted octanol–water partition coefficient (Wildman–Crippen LogP) is 15.3. The Morgan fingerprint density at radius 3 is 0.884 bits per heavy atom. The molecule has 86 heavy (non-hydrogen) atoms. The van der Waals surface area contributed by atoms with Crippen LogP contribution in [-0.2, 0) is 0 Å². The van der Waals surface area contributed by atoms with Gasteiger partial charge in [0.15, 0.2) is 0 Å². The third-order valence-electron chi connectivity index (χ3n) is 19.9. The van der Waals surface area contributed by atoms with Crippen LogP contribution in [-0.4, -0.2) is 31.7 Å². The number of rotatable bonds is 4. The molecule has 0 bridgehead atoms. The Bertz CT molecular complexity index is 5420. The van der Waals surface area contributed by atoms with Gasteiger partial charge in [0, 0.05) is 88.6 Å². The molecule has 4 aliphatic heterocycles. The summed E-state index contributed by atoms with van der Waals surface area (Å²) in [6.07, 6.45) is 0. The number of hydrogen-bond donors (Lipinski definition) is 0. The van der Waals surface area contributed by atoms with Crippen molar-refractivity contribution in [3.63, 3.8) is 0 Å². The fourth-order valence-electron chi connectivity index (χ4n) is 16.7. The molecule has 0 unspecified atom stereocenters. The summed E-state index contributed by atoms with van der Waals surface area (Å²) in [4.78, 5) is 5.09. The van der Waals surface area contributed by atoms with Gasteiger partial charge in [-0.2, -0.15) is 0 Å². The molecular weight excluding hydrogens is 1040 g/mol. The van der Waals surface area contributed by atoms with Gasteiger partial charge in [0.1, 0.15) is 0 Å². The normalized spacial score (nSPS) is 13.5. The lowest BCUT2D eigenvalue weighted by Gasteiger charge is -2.40. The smallest absolute Gasteiger partial charge is 0.252 e. The summed E-state index contributed by atoms with van der Waals surface area (Å²) in [7, 11) is 0. The zero-order valence-corrected chi connectivity index (χ0v) is 46.4. The first-order chi connectivity index (χ1) is 42.8. The van der Waals surface area contributed by atoms with E-state index in [0.717, 1.165) is 22.7 Å². The quantitative estimate of drug-likeness (QED) is 0.164. The van der Waals surface area contributed by atoms with Gasteiger partial charge in [-0.15, -0.1) is 0 Å². The zero-order chi connectivity index (χ0) is 55.6. The van der Waals surface area contributed by atoms with Gasteiger partial charge < -0.3 is 28.1 Å². The fourth-order valence-corrected chi connectivity index (χ4v) is 16.7. The first-order valence-corrected chi connectivity index (χ1v) is 30.0. The SMILES string of the molecule is c1ccc(N2c3ccccc3B3c4ccccc4-n4c5cc6c7c(-n8c9ccccc9c9ccccc98)cc8c9c7n(c6cc5c5c(-n6c7ccccc7c7ccccc76)cc2c3c54)-c2ccccc2B9c2ccccc2N8c2ccccc2)cc1. The topological polar surface area (TPSA) is 26.2 Å². The van der Waals surface area contributed by atoms with Crippen molar-refractivity contribution >= 4 is 168 Å². The van der Waals surface area contributed by atoms with Gasteiger partial charge in [0.2, 0.25) is 0 Å². The third-order valence-corrected chi connectivity index (χ3v) is 19.9. The molecule has 21 rings (SSSR count). The maximum atomic E-state index is 2.68. The van der Waals surface area contributed by atoms with E-state index in [4.69, 9.17) is 0 Å². The Hall–Kier alpha value is -11.2. The average molecular weight is 1090 g/mol. The standard InChI is InChI=1S/C78H46B2N6/c1-3-23-47(24-4-1)81-63-39-19-11-31-55(63)79-57-33-13-21-41-65(57)85-67-44-54-68(43-53(67)73-69(45-71(81)75(79)77(73)85)83-59-35-15-7-27-49(59)50-28-8-16-36-60(50)83)86-66-42-22-14-34-58(66)80-56-32-12-20-40-64(56)82(48-25-5-2-6-26-48)72-46-70(74(54)78(86)76(72)80)84-61-37-17-9-29-51(61)52-30-10-18-38-62(52)84/h1-46H. The Morgan fingerprint density at radius 2 is 0.512 bits per heavy atom. The van der Waals surface area contributed by atoms with Crippen molar-refractivity contribution in [2.45, 2.75) is 0 Å².